The van der Waals surface area contributed by atoms with Crippen molar-refractivity contribution in [2.75, 3.05) is 13.4 Å². The van der Waals surface area contributed by atoms with Crippen molar-refractivity contribution < 1.29 is 23.4 Å². The van der Waals surface area contributed by atoms with E-state index in [4.69, 9.17) is 18.6 Å². The summed E-state index contributed by atoms with van der Waals surface area (Å²) in [6.45, 7) is 3.83. The Bertz CT molecular complexity index is 1450. The minimum Gasteiger partial charge on any atom is -0.463 e. The molecule has 1 aromatic carbocycles. The maximum Gasteiger partial charge on any atom is 0.338 e. The summed E-state index contributed by atoms with van der Waals surface area (Å²) in [4.78, 5) is 31.5. The molecule has 2 aromatic heterocycles. The molecule has 2 aliphatic rings. The van der Waals surface area contributed by atoms with Crippen molar-refractivity contribution in [3.05, 3.63) is 76.4 Å². The van der Waals surface area contributed by atoms with E-state index in [1.54, 1.807) is 38.1 Å². The van der Waals surface area contributed by atoms with E-state index in [1.807, 2.05) is 12.1 Å². The fourth-order valence-corrected chi connectivity index (χ4v) is 5.19. The highest BCUT2D eigenvalue weighted by atomic mass is 127. The van der Waals surface area contributed by atoms with Crippen LogP contribution in [0, 0.1) is 3.77 Å². The van der Waals surface area contributed by atoms with Crippen LogP contribution in [0.1, 0.15) is 31.2 Å². The topological polar surface area (TPSA) is 92.3 Å². The number of rotatable bonds is 4. The number of hydrogen-bond acceptors (Lipinski definition) is 8. The molecular weight excluding hydrogens is 547 g/mol. The molecule has 0 saturated heterocycles. The molecule has 1 atom stereocenters. The Balaban J connectivity index is 1.73. The molecule has 8 nitrogen and oxygen atoms in total. The molecule has 5 rings (SSSR count). The predicted molar refractivity (Wildman–Crippen MR) is 124 cm³/mol. The maximum atomic E-state index is 13.5. The van der Waals surface area contributed by atoms with Gasteiger partial charge in [-0.3, -0.25) is 9.36 Å². The average molecular weight is 564 g/mol. The third kappa shape index (κ3) is 3.56. The molecule has 0 aliphatic carbocycles. The van der Waals surface area contributed by atoms with E-state index in [0.29, 0.717) is 43.4 Å². The van der Waals surface area contributed by atoms with E-state index in [2.05, 4.69) is 27.6 Å². The van der Waals surface area contributed by atoms with Crippen LogP contribution in [0.15, 0.2) is 55.8 Å². The summed E-state index contributed by atoms with van der Waals surface area (Å²) in [6.07, 6.45) is 1.69. The number of carbonyl (C=O) groups excluding carboxylic acids is 1. The van der Waals surface area contributed by atoms with Crippen molar-refractivity contribution in [2.45, 2.75) is 19.9 Å². The van der Waals surface area contributed by atoms with E-state index >= 15 is 0 Å². The lowest BCUT2D eigenvalue weighted by Crippen LogP contribution is -2.39. The van der Waals surface area contributed by atoms with Gasteiger partial charge in [0.25, 0.3) is 5.56 Å². The zero-order valence-electron chi connectivity index (χ0n) is 17.1. The summed E-state index contributed by atoms with van der Waals surface area (Å²) in [7, 11) is 0. The van der Waals surface area contributed by atoms with Crippen molar-refractivity contribution >= 4 is 46.0 Å². The van der Waals surface area contributed by atoms with E-state index in [0.717, 1.165) is 3.77 Å². The van der Waals surface area contributed by atoms with Crippen molar-refractivity contribution in [1.29, 1.82) is 0 Å². The number of fused-ring (bicyclic) bond motifs is 2. The number of benzene rings is 1. The average Bonchev–Trinajstić information content (AvgIpc) is 3.46. The number of furan rings is 1. The molecule has 2 aliphatic heterocycles. The van der Waals surface area contributed by atoms with Gasteiger partial charge in [0.1, 0.15) is 5.76 Å². The van der Waals surface area contributed by atoms with Gasteiger partial charge in [-0.15, -0.1) is 0 Å². The number of nitrogens with zero attached hydrogens (tertiary/aromatic N) is 2. The molecule has 0 spiro atoms. The molecule has 0 N–H and O–H groups in total. The van der Waals surface area contributed by atoms with Gasteiger partial charge in [-0.2, -0.15) is 0 Å². The Morgan fingerprint density at radius 2 is 2.12 bits per heavy atom. The second kappa shape index (κ2) is 8.24. The highest BCUT2D eigenvalue weighted by molar-refractivity contribution is 14.1. The second-order valence-corrected chi connectivity index (χ2v) is 9.13. The number of esters is 1. The van der Waals surface area contributed by atoms with Crippen LogP contribution in [0.3, 0.4) is 0 Å². The van der Waals surface area contributed by atoms with Crippen molar-refractivity contribution in [3.8, 4) is 11.5 Å². The standard InChI is InChI=1S/C22H17IN2O6S/c1-3-28-21(27)18-11(2)24-22-25(19(18)12-4-6-14-15(8-12)30-10-29-14)20(26)16(32-22)9-13-5-7-17(23)31-13/h4-9,19H,3,10H2,1-2H3/b16-9+/t19-/m0/s1. The Morgan fingerprint density at radius 3 is 2.88 bits per heavy atom. The van der Waals surface area contributed by atoms with E-state index < -0.39 is 12.0 Å². The first-order chi connectivity index (χ1) is 15.5. The fraction of sp³-hybridized carbons (Fsp3) is 0.227. The van der Waals surface area contributed by atoms with Crippen LogP contribution < -0.4 is 24.4 Å². The fourth-order valence-electron chi connectivity index (χ4n) is 3.73. The minimum atomic E-state index is -0.710. The Hall–Kier alpha value is -2.86. The number of allylic oxidation sites excluding steroid dienone is 1. The van der Waals surface area contributed by atoms with Gasteiger partial charge in [-0.1, -0.05) is 17.4 Å². The molecule has 4 heterocycles. The quantitative estimate of drug-likeness (QED) is 0.358. The largest absolute Gasteiger partial charge is 0.463 e. The lowest BCUT2D eigenvalue weighted by Gasteiger charge is -2.24. The molecule has 0 bridgehead atoms. The van der Waals surface area contributed by atoms with Gasteiger partial charge < -0.3 is 18.6 Å². The third-order valence-corrected chi connectivity index (χ3v) is 6.66. The van der Waals surface area contributed by atoms with E-state index in [9.17, 15) is 9.59 Å². The number of hydrogen-bond donors (Lipinski definition) is 0. The zero-order chi connectivity index (χ0) is 22.4. The summed E-state index contributed by atoms with van der Waals surface area (Å²) >= 11 is 3.31. The maximum absolute atomic E-state index is 13.5. The molecule has 3 aromatic rings. The van der Waals surface area contributed by atoms with Crippen LogP contribution in [0.4, 0.5) is 0 Å². The lowest BCUT2D eigenvalue weighted by atomic mass is 9.95. The van der Waals surface area contributed by atoms with Crippen molar-refractivity contribution in [2.24, 2.45) is 4.99 Å². The van der Waals surface area contributed by atoms with Gasteiger partial charge in [0.2, 0.25) is 6.79 Å². The van der Waals surface area contributed by atoms with E-state index in [1.165, 1.54) is 15.9 Å². The van der Waals surface area contributed by atoms with E-state index in [-0.39, 0.29) is 19.0 Å². The van der Waals surface area contributed by atoms with Gasteiger partial charge in [-0.05, 0) is 66.3 Å². The van der Waals surface area contributed by atoms with Crippen LogP contribution in [0.25, 0.3) is 6.08 Å². The molecule has 10 heteroatoms. The second-order valence-electron chi connectivity index (χ2n) is 7.06. The molecule has 32 heavy (non-hydrogen) atoms. The number of ether oxygens (including phenoxy) is 3. The Morgan fingerprint density at radius 1 is 1.31 bits per heavy atom. The van der Waals surface area contributed by atoms with Crippen LogP contribution in [0.2, 0.25) is 0 Å². The first kappa shape index (κ1) is 21.0. The first-order valence-corrected chi connectivity index (χ1v) is 11.7. The number of carbonyl (C=O) groups is 1. The van der Waals surface area contributed by atoms with Gasteiger partial charge in [0.05, 0.1) is 28.5 Å². The predicted octanol–water partition coefficient (Wildman–Crippen LogP) is 2.72. The Kier molecular flexibility index (Phi) is 5.41. The van der Waals surface area contributed by atoms with Crippen LogP contribution in [-0.2, 0) is 9.53 Å². The van der Waals surface area contributed by atoms with Gasteiger partial charge in [0.15, 0.2) is 20.1 Å². The van der Waals surface area contributed by atoms with Crippen LogP contribution >= 0.6 is 33.9 Å². The molecular formula is C22H17IN2O6S. The van der Waals surface area contributed by atoms with Crippen LogP contribution in [-0.4, -0.2) is 23.9 Å². The Labute approximate surface area is 199 Å². The molecule has 0 amide bonds. The summed E-state index contributed by atoms with van der Waals surface area (Å²) in [6, 6.07) is 8.29. The summed E-state index contributed by atoms with van der Waals surface area (Å²) < 4.78 is 24.5. The molecule has 164 valence electrons. The van der Waals surface area contributed by atoms with Crippen molar-refractivity contribution in [1.82, 2.24) is 4.57 Å². The molecule has 0 fully saturated rings. The summed E-state index contributed by atoms with van der Waals surface area (Å²) in [5.74, 6) is 1.24. The normalized spacial score (nSPS) is 17.3. The monoisotopic (exact) mass is 564 g/mol. The van der Waals surface area contributed by atoms with Gasteiger partial charge in [0, 0.05) is 6.08 Å². The SMILES string of the molecule is CCOC(=O)C1=C(C)N=c2s/c(=C/c3ccc(I)o3)c(=O)n2[C@H]1c1ccc2c(c1)OCO2. The molecule has 0 unspecified atom stereocenters. The number of aromatic nitrogens is 1. The number of halogens is 1. The molecule has 0 saturated carbocycles. The number of thiazole rings is 1. The minimum absolute atomic E-state index is 0.128. The summed E-state index contributed by atoms with van der Waals surface area (Å²) in [5.41, 5.74) is 1.26. The first-order valence-electron chi connectivity index (χ1n) is 9.81. The third-order valence-electron chi connectivity index (χ3n) is 5.10. The van der Waals surface area contributed by atoms with Gasteiger partial charge >= 0.3 is 5.97 Å². The highest BCUT2D eigenvalue weighted by Gasteiger charge is 2.34. The lowest BCUT2D eigenvalue weighted by molar-refractivity contribution is -0.139. The van der Waals surface area contributed by atoms with Gasteiger partial charge in [-0.25, -0.2) is 9.79 Å². The summed E-state index contributed by atoms with van der Waals surface area (Å²) in [5, 5.41) is 0. The molecule has 0 radical (unpaired) electrons. The smallest absolute Gasteiger partial charge is 0.338 e. The van der Waals surface area contributed by atoms with Crippen LogP contribution in [0.5, 0.6) is 11.5 Å². The zero-order valence-corrected chi connectivity index (χ0v) is 20.1. The van der Waals surface area contributed by atoms with Crippen molar-refractivity contribution in [3.63, 3.8) is 0 Å². The highest BCUT2D eigenvalue weighted by Crippen LogP contribution is 2.38.